The fraction of sp³-hybridized carbons (Fsp3) is 0.533. The number of hydrogen-bond donors (Lipinski definition) is 2. The minimum absolute atomic E-state index is 0.124. The number of carboxylic acids is 1. The summed E-state index contributed by atoms with van der Waals surface area (Å²) in [7, 11) is 0. The first kappa shape index (κ1) is 16.1. The fourth-order valence-electron chi connectivity index (χ4n) is 1.88. The Hall–Kier alpha value is -1.91. The highest BCUT2D eigenvalue weighted by atomic mass is 16.4. The molecule has 0 aliphatic carbocycles. The third kappa shape index (κ3) is 4.99. The van der Waals surface area contributed by atoms with Gasteiger partial charge in [-0.15, -0.1) is 0 Å². The van der Waals surface area contributed by atoms with Crippen LogP contribution in [0.15, 0.2) is 12.1 Å². The van der Waals surface area contributed by atoms with Crippen LogP contribution >= 0.6 is 0 Å². The van der Waals surface area contributed by atoms with Crippen LogP contribution in [0.4, 0.5) is 0 Å². The van der Waals surface area contributed by atoms with E-state index in [1.807, 2.05) is 0 Å². The molecule has 0 aromatic carbocycles. The largest absolute Gasteiger partial charge is 0.478 e. The monoisotopic (exact) mass is 278 g/mol. The van der Waals surface area contributed by atoms with Gasteiger partial charge < -0.3 is 10.4 Å². The van der Waals surface area contributed by atoms with E-state index in [-0.39, 0.29) is 17.2 Å². The first-order chi connectivity index (χ1) is 9.41. The number of hydrogen-bond acceptors (Lipinski definition) is 3. The van der Waals surface area contributed by atoms with Crippen LogP contribution in [-0.4, -0.2) is 28.5 Å². The number of carboxylic acid groups (broad SMARTS) is 1. The number of nitrogens with one attached hydrogen (secondary N) is 1. The molecular weight excluding hydrogens is 256 g/mol. The highest BCUT2D eigenvalue weighted by molar-refractivity contribution is 5.94. The van der Waals surface area contributed by atoms with E-state index in [4.69, 9.17) is 5.11 Å². The Bertz CT molecular complexity index is 484. The summed E-state index contributed by atoms with van der Waals surface area (Å²) in [6.45, 7) is 6.56. The Kier molecular flexibility index (Phi) is 6.15. The maximum Gasteiger partial charge on any atom is 0.337 e. The van der Waals surface area contributed by atoms with Crippen LogP contribution in [0.1, 0.15) is 59.7 Å². The summed E-state index contributed by atoms with van der Waals surface area (Å²) >= 11 is 0. The number of unbranched alkanes of at least 4 members (excludes halogenated alkanes) is 1. The number of carbonyl (C=O) groups is 2. The lowest BCUT2D eigenvalue weighted by Crippen LogP contribution is -2.25. The average molecular weight is 278 g/mol. The molecule has 0 saturated heterocycles. The Balaban J connectivity index is 2.48. The van der Waals surface area contributed by atoms with Crippen molar-refractivity contribution in [2.75, 3.05) is 6.54 Å². The van der Waals surface area contributed by atoms with Crippen LogP contribution in [0, 0.1) is 12.8 Å². The third-order valence-corrected chi connectivity index (χ3v) is 3.04. The summed E-state index contributed by atoms with van der Waals surface area (Å²) in [5, 5.41) is 11.7. The van der Waals surface area contributed by atoms with E-state index < -0.39 is 5.97 Å². The molecule has 1 aromatic heterocycles. The van der Waals surface area contributed by atoms with Crippen LogP contribution in [0.25, 0.3) is 0 Å². The number of aryl methyl sites for hydroxylation is 1. The maximum absolute atomic E-state index is 11.9. The van der Waals surface area contributed by atoms with Gasteiger partial charge in [0.25, 0.3) is 5.91 Å². The van der Waals surface area contributed by atoms with E-state index in [1.165, 1.54) is 12.1 Å². The average Bonchev–Trinajstić information content (AvgIpc) is 2.37. The summed E-state index contributed by atoms with van der Waals surface area (Å²) in [6, 6.07) is 2.86. The van der Waals surface area contributed by atoms with Gasteiger partial charge in [0.2, 0.25) is 0 Å². The minimum Gasteiger partial charge on any atom is -0.478 e. The van der Waals surface area contributed by atoms with Gasteiger partial charge in [0.05, 0.1) is 11.3 Å². The molecule has 0 atom stereocenters. The second-order valence-corrected chi connectivity index (χ2v) is 5.28. The molecule has 0 spiro atoms. The van der Waals surface area contributed by atoms with Crippen molar-refractivity contribution in [1.29, 1.82) is 0 Å². The zero-order valence-electron chi connectivity index (χ0n) is 12.3. The molecule has 20 heavy (non-hydrogen) atoms. The number of carbonyl (C=O) groups excluding carboxylic acids is 1. The normalized spacial score (nSPS) is 10.6. The van der Waals surface area contributed by atoms with Crippen LogP contribution < -0.4 is 5.32 Å². The fourth-order valence-corrected chi connectivity index (χ4v) is 1.88. The molecule has 0 bridgehead atoms. The second kappa shape index (κ2) is 7.62. The molecule has 0 aliphatic heterocycles. The quantitative estimate of drug-likeness (QED) is 0.751. The maximum atomic E-state index is 11.9. The summed E-state index contributed by atoms with van der Waals surface area (Å²) < 4.78 is 0. The van der Waals surface area contributed by atoms with Crippen LogP contribution in [0.3, 0.4) is 0 Å². The van der Waals surface area contributed by atoms with E-state index in [2.05, 4.69) is 24.1 Å². The van der Waals surface area contributed by atoms with Gasteiger partial charge in [0.15, 0.2) is 0 Å². The minimum atomic E-state index is -1.03. The van der Waals surface area contributed by atoms with Gasteiger partial charge >= 0.3 is 5.97 Å². The second-order valence-electron chi connectivity index (χ2n) is 5.28. The van der Waals surface area contributed by atoms with Crippen LogP contribution in [0.2, 0.25) is 0 Å². The first-order valence-electron chi connectivity index (χ1n) is 6.91. The molecule has 110 valence electrons. The highest BCUT2D eigenvalue weighted by Gasteiger charge is 2.12. The predicted octanol–water partition coefficient (Wildman–Crippen LogP) is 2.64. The van der Waals surface area contributed by atoms with Crippen LogP contribution in [-0.2, 0) is 0 Å². The summed E-state index contributed by atoms with van der Waals surface area (Å²) in [4.78, 5) is 26.7. The molecular formula is C15H22N2O3. The van der Waals surface area contributed by atoms with Crippen molar-refractivity contribution >= 4 is 11.9 Å². The summed E-state index contributed by atoms with van der Waals surface area (Å²) in [5.74, 6) is -0.608. The van der Waals surface area contributed by atoms with E-state index in [0.29, 0.717) is 18.2 Å². The smallest absolute Gasteiger partial charge is 0.337 e. The molecule has 1 heterocycles. The third-order valence-electron chi connectivity index (χ3n) is 3.04. The standard InChI is InChI=1S/C15H22N2O3/c1-10(2)6-4-5-9-16-14(18)13-8-7-12(15(19)20)11(3)17-13/h7-8,10H,4-6,9H2,1-3H3,(H,16,18)(H,19,20). The van der Waals surface area contributed by atoms with Crippen molar-refractivity contribution in [3.63, 3.8) is 0 Å². The van der Waals surface area contributed by atoms with Gasteiger partial charge in [0.1, 0.15) is 5.69 Å². The van der Waals surface area contributed by atoms with Gasteiger partial charge in [-0.3, -0.25) is 4.79 Å². The van der Waals surface area contributed by atoms with Crippen molar-refractivity contribution in [1.82, 2.24) is 10.3 Å². The Morgan fingerprint density at radius 2 is 2.00 bits per heavy atom. The zero-order chi connectivity index (χ0) is 15.1. The lowest BCUT2D eigenvalue weighted by atomic mass is 10.1. The molecule has 5 heteroatoms. The van der Waals surface area contributed by atoms with Gasteiger partial charge in [0, 0.05) is 6.54 Å². The number of rotatable bonds is 7. The molecule has 1 aromatic rings. The lowest BCUT2D eigenvalue weighted by molar-refractivity contribution is 0.0694. The lowest BCUT2D eigenvalue weighted by Gasteiger charge is -2.07. The van der Waals surface area contributed by atoms with Gasteiger partial charge in [-0.2, -0.15) is 0 Å². The Morgan fingerprint density at radius 1 is 1.30 bits per heavy atom. The van der Waals surface area contributed by atoms with E-state index in [1.54, 1.807) is 6.92 Å². The van der Waals surface area contributed by atoms with E-state index >= 15 is 0 Å². The van der Waals surface area contributed by atoms with Crippen LogP contribution in [0.5, 0.6) is 0 Å². The topological polar surface area (TPSA) is 79.3 Å². The van der Waals surface area contributed by atoms with Crippen molar-refractivity contribution in [3.8, 4) is 0 Å². The molecule has 2 N–H and O–H groups in total. The number of nitrogens with zero attached hydrogens (tertiary/aromatic N) is 1. The zero-order valence-corrected chi connectivity index (χ0v) is 12.3. The van der Waals surface area contributed by atoms with Gasteiger partial charge in [-0.25, -0.2) is 9.78 Å². The van der Waals surface area contributed by atoms with Gasteiger partial charge in [-0.05, 0) is 31.4 Å². The number of pyridine rings is 1. The van der Waals surface area contributed by atoms with Crippen molar-refractivity contribution < 1.29 is 14.7 Å². The number of aromatic carboxylic acids is 1. The molecule has 0 radical (unpaired) electrons. The molecule has 5 nitrogen and oxygen atoms in total. The number of amides is 1. The molecule has 0 saturated carbocycles. The molecule has 0 unspecified atom stereocenters. The molecule has 1 amide bonds. The Labute approximate surface area is 119 Å². The van der Waals surface area contributed by atoms with Crippen molar-refractivity contribution in [2.45, 2.75) is 40.0 Å². The first-order valence-corrected chi connectivity index (χ1v) is 6.91. The van der Waals surface area contributed by atoms with Crippen molar-refractivity contribution in [3.05, 3.63) is 29.1 Å². The predicted molar refractivity (Wildman–Crippen MR) is 77.0 cm³/mol. The summed E-state index contributed by atoms with van der Waals surface area (Å²) in [6.07, 6.45) is 3.18. The summed E-state index contributed by atoms with van der Waals surface area (Å²) in [5.41, 5.74) is 0.736. The SMILES string of the molecule is Cc1nc(C(=O)NCCCCC(C)C)ccc1C(=O)O. The van der Waals surface area contributed by atoms with E-state index in [9.17, 15) is 9.59 Å². The highest BCUT2D eigenvalue weighted by Crippen LogP contribution is 2.08. The molecule has 0 fully saturated rings. The Morgan fingerprint density at radius 3 is 2.55 bits per heavy atom. The number of aromatic nitrogens is 1. The molecule has 1 rings (SSSR count). The van der Waals surface area contributed by atoms with Gasteiger partial charge in [-0.1, -0.05) is 26.7 Å². The van der Waals surface area contributed by atoms with Crippen molar-refractivity contribution in [2.24, 2.45) is 5.92 Å². The molecule has 0 aliphatic rings. The van der Waals surface area contributed by atoms with E-state index in [0.717, 1.165) is 19.3 Å².